The Kier molecular flexibility index (Phi) is 2.66. The van der Waals surface area contributed by atoms with Gasteiger partial charge in [-0.15, -0.1) is 0 Å². The van der Waals surface area contributed by atoms with Crippen LogP contribution in [0.15, 0.2) is 16.8 Å². The average Bonchev–Trinajstić information content (AvgIpc) is 2.66. The molecule has 0 atom stereocenters. The van der Waals surface area contributed by atoms with Crippen molar-refractivity contribution in [2.75, 3.05) is 0 Å². The second kappa shape index (κ2) is 3.96. The Hall–Kier alpha value is -1.46. The standard InChI is InChI=1S/C8H3Cl2N3O2/c9-4-1-5(10)7(11-2-4)8-12-6(3-14)15-13-8/h1-3H. The van der Waals surface area contributed by atoms with Crippen LogP contribution in [0.4, 0.5) is 0 Å². The highest BCUT2D eigenvalue weighted by Crippen LogP contribution is 2.25. The molecule has 5 nitrogen and oxygen atoms in total. The van der Waals surface area contributed by atoms with E-state index in [0.717, 1.165) is 0 Å². The van der Waals surface area contributed by atoms with Gasteiger partial charge in [0.25, 0.3) is 5.89 Å². The number of aromatic nitrogens is 3. The maximum absolute atomic E-state index is 10.3. The van der Waals surface area contributed by atoms with Crippen molar-refractivity contribution in [3.63, 3.8) is 0 Å². The normalized spacial score (nSPS) is 10.3. The van der Waals surface area contributed by atoms with Gasteiger partial charge in [0.15, 0.2) is 0 Å². The number of carbonyl (C=O) groups excluding carboxylic acids is 1. The number of rotatable bonds is 2. The first-order chi connectivity index (χ1) is 7.20. The van der Waals surface area contributed by atoms with Crippen LogP contribution in [0, 0.1) is 0 Å². The summed E-state index contributed by atoms with van der Waals surface area (Å²) < 4.78 is 4.59. The molecule has 0 aromatic carbocycles. The molecule has 0 saturated heterocycles. The molecule has 7 heteroatoms. The van der Waals surface area contributed by atoms with Crippen LogP contribution < -0.4 is 0 Å². The lowest BCUT2D eigenvalue weighted by Crippen LogP contribution is -1.87. The van der Waals surface area contributed by atoms with Crippen LogP contribution in [0.5, 0.6) is 0 Å². The largest absolute Gasteiger partial charge is 0.331 e. The van der Waals surface area contributed by atoms with Crippen molar-refractivity contribution in [1.29, 1.82) is 0 Å². The lowest BCUT2D eigenvalue weighted by atomic mass is 10.3. The van der Waals surface area contributed by atoms with E-state index in [1.54, 1.807) is 0 Å². The van der Waals surface area contributed by atoms with Crippen LogP contribution in [0.2, 0.25) is 10.0 Å². The van der Waals surface area contributed by atoms with Gasteiger partial charge in [-0.25, -0.2) is 4.98 Å². The predicted molar refractivity (Wildman–Crippen MR) is 52.9 cm³/mol. The molecule has 0 radical (unpaired) electrons. The molecular weight excluding hydrogens is 241 g/mol. The third-order valence-corrected chi connectivity index (χ3v) is 2.06. The van der Waals surface area contributed by atoms with Gasteiger partial charge >= 0.3 is 0 Å². The van der Waals surface area contributed by atoms with Crippen molar-refractivity contribution in [3.8, 4) is 11.5 Å². The Bertz CT molecular complexity index is 512. The minimum Gasteiger partial charge on any atom is -0.331 e. The molecule has 0 aliphatic carbocycles. The van der Waals surface area contributed by atoms with Gasteiger partial charge in [-0.3, -0.25) is 4.79 Å². The molecule has 2 heterocycles. The average molecular weight is 244 g/mol. The van der Waals surface area contributed by atoms with E-state index in [2.05, 4.69) is 19.6 Å². The molecule has 0 aliphatic heterocycles. The van der Waals surface area contributed by atoms with E-state index < -0.39 is 0 Å². The number of pyridine rings is 1. The van der Waals surface area contributed by atoms with Gasteiger partial charge in [-0.1, -0.05) is 28.4 Å². The number of halogens is 2. The molecule has 0 saturated carbocycles. The topological polar surface area (TPSA) is 68.9 Å². The summed E-state index contributed by atoms with van der Waals surface area (Å²) in [6, 6.07) is 1.50. The van der Waals surface area contributed by atoms with Crippen molar-refractivity contribution < 1.29 is 9.32 Å². The minimum atomic E-state index is -0.127. The first kappa shape index (κ1) is 10.1. The van der Waals surface area contributed by atoms with Crippen LogP contribution in [0.25, 0.3) is 11.5 Å². The van der Waals surface area contributed by atoms with Gasteiger partial charge in [-0.2, -0.15) is 4.98 Å². The molecule has 2 aromatic rings. The summed E-state index contributed by atoms with van der Waals surface area (Å²) in [6.45, 7) is 0. The van der Waals surface area contributed by atoms with Gasteiger partial charge in [-0.05, 0) is 6.07 Å². The molecule has 0 fully saturated rings. The molecule has 0 N–H and O–H groups in total. The minimum absolute atomic E-state index is 0.127. The Balaban J connectivity index is 2.49. The molecule has 0 amide bonds. The summed E-state index contributed by atoms with van der Waals surface area (Å²) in [5.74, 6) is 0.0246. The zero-order chi connectivity index (χ0) is 10.8. The summed E-state index contributed by atoms with van der Waals surface area (Å²) in [6.07, 6.45) is 1.85. The SMILES string of the molecule is O=Cc1nc(-c2ncc(Cl)cc2Cl)no1. The quantitative estimate of drug-likeness (QED) is 0.757. The van der Waals surface area contributed by atoms with E-state index in [1.165, 1.54) is 12.3 Å². The van der Waals surface area contributed by atoms with Crippen molar-refractivity contribution in [2.24, 2.45) is 0 Å². The first-order valence-corrected chi connectivity index (χ1v) is 4.56. The Morgan fingerprint density at radius 2 is 2.20 bits per heavy atom. The number of nitrogens with zero attached hydrogens (tertiary/aromatic N) is 3. The molecule has 15 heavy (non-hydrogen) atoms. The Morgan fingerprint density at radius 3 is 2.80 bits per heavy atom. The maximum Gasteiger partial charge on any atom is 0.291 e. The molecule has 0 unspecified atom stereocenters. The van der Waals surface area contributed by atoms with Crippen molar-refractivity contribution >= 4 is 29.5 Å². The van der Waals surface area contributed by atoms with E-state index in [9.17, 15) is 4.79 Å². The highest BCUT2D eigenvalue weighted by molar-refractivity contribution is 6.35. The van der Waals surface area contributed by atoms with Crippen LogP contribution in [0.3, 0.4) is 0 Å². The van der Waals surface area contributed by atoms with Gasteiger partial charge < -0.3 is 4.52 Å². The maximum atomic E-state index is 10.3. The highest BCUT2D eigenvalue weighted by Gasteiger charge is 2.12. The summed E-state index contributed by atoms with van der Waals surface area (Å²) >= 11 is 11.5. The van der Waals surface area contributed by atoms with E-state index in [1.807, 2.05) is 0 Å². The molecule has 2 rings (SSSR count). The summed E-state index contributed by atoms with van der Waals surface area (Å²) in [4.78, 5) is 18.0. The molecule has 0 aliphatic rings. The zero-order valence-corrected chi connectivity index (χ0v) is 8.66. The second-order valence-corrected chi connectivity index (χ2v) is 3.40. The number of hydrogen-bond acceptors (Lipinski definition) is 5. The van der Waals surface area contributed by atoms with Crippen molar-refractivity contribution in [3.05, 3.63) is 28.2 Å². The van der Waals surface area contributed by atoms with Gasteiger partial charge in [0, 0.05) is 6.20 Å². The smallest absolute Gasteiger partial charge is 0.291 e. The Labute approximate surface area is 94.0 Å². The molecule has 0 spiro atoms. The fourth-order valence-corrected chi connectivity index (χ4v) is 1.42. The Morgan fingerprint density at radius 1 is 1.40 bits per heavy atom. The predicted octanol–water partition coefficient (Wildman–Crippen LogP) is 2.25. The fraction of sp³-hybridized carbons (Fsp3) is 0. The summed E-state index contributed by atoms with van der Waals surface area (Å²) in [7, 11) is 0. The van der Waals surface area contributed by atoms with Gasteiger partial charge in [0.05, 0.1) is 10.0 Å². The highest BCUT2D eigenvalue weighted by atomic mass is 35.5. The van der Waals surface area contributed by atoms with E-state index in [0.29, 0.717) is 22.0 Å². The third kappa shape index (κ3) is 1.98. The van der Waals surface area contributed by atoms with E-state index >= 15 is 0 Å². The fourth-order valence-electron chi connectivity index (χ4n) is 0.958. The lowest BCUT2D eigenvalue weighted by Gasteiger charge is -1.96. The number of aldehydes is 1. The van der Waals surface area contributed by atoms with Gasteiger partial charge in [0.2, 0.25) is 12.1 Å². The zero-order valence-electron chi connectivity index (χ0n) is 7.15. The lowest BCUT2D eigenvalue weighted by molar-refractivity contribution is 0.108. The summed E-state index contributed by atoms with van der Waals surface area (Å²) in [5, 5.41) is 4.24. The van der Waals surface area contributed by atoms with Crippen LogP contribution in [-0.4, -0.2) is 21.4 Å². The first-order valence-electron chi connectivity index (χ1n) is 3.81. The molecular formula is C8H3Cl2N3O2. The van der Waals surface area contributed by atoms with E-state index in [-0.39, 0.29) is 11.7 Å². The van der Waals surface area contributed by atoms with Crippen molar-refractivity contribution in [1.82, 2.24) is 15.1 Å². The summed E-state index contributed by atoms with van der Waals surface area (Å²) in [5.41, 5.74) is 0.318. The van der Waals surface area contributed by atoms with Gasteiger partial charge in [0.1, 0.15) is 5.69 Å². The van der Waals surface area contributed by atoms with Crippen LogP contribution >= 0.6 is 23.2 Å². The molecule has 0 bridgehead atoms. The third-order valence-electron chi connectivity index (χ3n) is 1.56. The second-order valence-electron chi connectivity index (χ2n) is 2.56. The monoisotopic (exact) mass is 243 g/mol. The van der Waals surface area contributed by atoms with E-state index in [4.69, 9.17) is 23.2 Å². The number of carbonyl (C=O) groups is 1. The molecule has 76 valence electrons. The van der Waals surface area contributed by atoms with Crippen molar-refractivity contribution in [2.45, 2.75) is 0 Å². The van der Waals surface area contributed by atoms with Crippen LogP contribution in [-0.2, 0) is 0 Å². The van der Waals surface area contributed by atoms with Crippen LogP contribution in [0.1, 0.15) is 10.7 Å². The molecule has 2 aromatic heterocycles. The number of hydrogen-bond donors (Lipinski definition) is 0.